The molecule has 2 aliphatic heterocycles. The Morgan fingerprint density at radius 3 is 2.47 bits per heavy atom. The van der Waals surface area contributed by atoms with E-state index in [2.05, 4.69) is 5.32 Å². The summed E-state index contributed by atoms with van der Waals surface area (Å²) in [5, 5.41) is 3.38. The van der Waals surface area contributed by atoms with Crippen LogP contribution in [0.4, 0.5) is 0 Å². The molecule has 0 spiro atoms. The Hall–Kier alpha value is -0.0900. The third kappa shape index (κ3) is 1.82. The second-order valence-electron chi connectivity index (χ2n) is 5.42. The van der Waals surface area contributed by atoms with Crippen molar-refractivity contribution >= 4 is 9.84 Å². The quantitative estimate of drug-likeness (QED) is 0.737. The topological polar surface area (TPSA) is 46.2 Å². The number of piperidine rings is 1. The van der Waals surface area contributed by atoms with E-state index in [-0.39, 0.29) is 0 Å². The molecule has 0 aromatic rings. The van der Waals surface area contributed by atoms with Crippen molar-refractivity contribution in [3.63, 3.8) is 0 Å². The van der Waals surface area contributed by atoms with Gasteiger partial charge >= 0.3 is 0 Å². The van der Waals surface area contributed by atoms with Gasteiger partial charge in [-0.1, -0.05) is 0 Å². The average molecular weight is 231 g/mol. The number of sulfone groups is 1. The first-order chi connectivity index (χ1) is 6.95. The van der Waals surface area contributed by atoms with Crippen LogP contribution in [0.15, 0.2) is 0 Å². The van der Waals surface area contributed by atoms with Gasteiger partial charge in [0, 0.05) is 0 Å². The van der Waals surface area contributed by atoms with Gasteiger partial charge in [0.1, 0.15) is 0 Å². The van der Waals surface area contributed by atoms with Gasteiger partial charge in [-0.05, 0) is 58.0 Å². The maximum Gasteiger partial charge on any atom is 0.155 e. The molecule has 1 N–H and O–H groups in total. The maximum absolute atomic E-state index is 11.9. The van der Waals surface area contributed by atoms with Crippen LogP contribution in [0.25, 0.3) is 0 Å². The molecule has 2 rings (SSSR count). The summed E-state index contributed by atoms with van der Waals surface area (Å²) in [6.07, 6.45) is 3.25. The molecule has 2 fully saturated rings. The Kier molecular flexibility index (Phi) is 2.84. The molecule has 0 amide bonds. The van der Waals surface area contributed by atoms with Crippen molar-refractivity contribution in [2.75, 3.05) is 18.8 Å². The molecule has 2 heterocycles. The molecule has 2 aliphatic rings. The lowest BCUT2D eigenvalue weighted by molar-refractivity contribution is 0.229. The van der Waals surface area contributed by atoms with E-state index in [1.165, 1.54) is 12.8 Å². The van der Waals surface area contributed by atoms with E-state index in [1.807, 2.05) is 13.8 Å². The maximum atomic E-state index is 11.9. The Morgan fingerprint density at radius 1 is 1.27 bits per heavy atom. The van der Waals surface area contributed by atoms with E-state index in [4.69, 9.17) is 0 Å². The normalized spacial score (nSPS) is 39.1. The lowest BCUT2D eigenvalue weighted by Gasteiger charge is -2.35. The summed E-state index contributed by atoms with van der Waals surface area (Å²) in [4.78, 5) is 0. The monoisotopic (exact) mass is 231 g/mol. The van der Waals surface area contributed by atoms with Gasteiger partial charge in [0.2, 0.25) is 0 Å². The zero-order chi connectivity index (χ0) is 11.1. The van der Waals surface area contributed by atoms with Crippen LogP contribution >= 0.6 is 0 Å². The Labute approximate surface area is 92.6 Å². The lowest BCUT2D eigenvalue weighted by atomic mass is 9.77. The molecule has 0 aliphatic carbocycles. The Morgan fingerprint density at radius 2 is 2.00 bits per heavy atom. The number of hydrogen-bond acceptors (Lipinski definition) is 3. The SMILES string of the molecule is CC1(C)C(C2CCCNC2)CCS1(=O)=O. The minimum absolute atomic E-state index is 0.357. The summed E-state index contributed by atoms with van der Waals surface area (Å²) in [5.74, 6) is 1.31. The van der Waals surface area contributed by atoms with Crippen LogP contribution in [0.5, 0.6) is 0 Å². The standard InChI is InChI=1S/C11H21NO2S/c1-11(2)10(5-7-15(11,13)14)9-4-3-6-12-8-9/h9-10,12H,3-8H2,1-2H3. The molecular weight excluding hydrogens is 210 g/mol. The van der Waals surface area contributed by atoms with Crippen molar-refractivity contribution in [1.82, 2.24) is 5.32 Å². The van der Waals surface area contributed by atoms with Gasteiger partial charge in [0.15, 0.2) is 9.84 Å². The molecule has 88 valence electrons. The number of rotatable bonds is 1. The predicted molar refractivity (Wildman–Crippen MR) is 61.6 cm³/mol. The summed E-state index contributed by atoms with van der Waals surface area (Å²) in [7, 11) is -2.85. The molecule has 0 radical (unpaired) electrons. The first kappa shape index (κ1) is 11.4. The van der Waals surface area contributed by atoms with Gasteiger partial charge in [0.05, 0.1) is 10.5 Å². The van der Waals surface area contributed by atoms with Gasteiger partial charge in [0.25, 0.3) is 0 Å². The molecule has 0 saturated carbocycles. The van der Waals surface area contributed by atoms with Crippen molar-refractivity contribution in [3.8, 4) is 0 Å². The van der Waals surface area contributed by atoms with Crippen LogP contribution in [-0.2, 0) is 9.84 Å². The van der Waals surface area contributed by atoms with Crippen LogP contribution in [0.1, 0.15) is 33.1 Å². The third-order valence-corrected chi connectivity index (χ3v) is 6.98. The highest BCUT2D eigenvalue weighted by molar-refractivity contribution is 7.93. The van der Waals surface area contributed by atoms with Gasteiger partial charge in [-0.25, -0.2) is 8.42 Å². The summed E-state index contributed by atoms with van der Waals surface area (Å²) < 4.78 is 23.3. The van der Waals surface area contributed by atoms with Crippen LogP contribution < -0.4 is 5.32 Å². The fraction of sp³-hybridized carbons (Fsp3) is 1.00. The first-order valence-electron chi connectivity index (χ1n) is 5.88. The third-order valence-electron chi connectivity index (χ3n) is 4.30. The van der Waals surface area contributed by atoms with Crippen molar-refractivity contribution in [2.45, 2.75) is 37.9 Å². The molecule has 2 saturated heterocycles. The van der Waals surface area contributed by atoms with Crippen molar-refractivity contribution in [3.05, 3.63) is 0 Å². The van der Waals surface area contributed by atoms with E-state index in [0.29, 0.717) is 17.6 Å². The Bertz CT molecular complexity index is 328. The van der Waals surface area contributed by atoms with Crippen LogP contribution in [0.2, 0.25) is 0 Å². The van der Waals surface area contributed by atoms with E-state index < -0.39 is 14.6 Å². The highest BCUT2D eigenvalue weighted by Gasteiger charge is 2.50. The molecule has 0 aromatic heterocycles. The molecule has 0 bridgehead atoms. The fourth-order valence-corrected chi connectivity index (χ4v) is 5.01. The zero-order valence-electron chi connectivity index (χ0n) is 9.62. The highest BCUT2D eigenvalue weighted by Crippen LogP contribution is 2.43. The summed E-state index contributed by atoms with van der Waals surface area (Å²) in [6.45, 7) is 5.92. The molecule has 15 heavy (non-hydrogen) atoms. The van der Waals surface area contributed by atoms with Crippen molar-refractivity contribution in [1.29, 1.82) is 0 Å². The van der Waals surface area contributed by atoms with E-state index in [0.717, 1.165) is 19.5 Å². The minimum atomic E-state index is -2.85. The van der Waals surface area contributed by atoms with E-state index in [9.17, 15) is 8.42 Å². The Balaban J connectivity index is 2.17. The molecule has 4 heteroatoms. The molecule has 2 unspecified atom stereocenters. The number of hydrogen-bond donors (Lipinski definition) is 1. The lowest BCUT2D eigenvalue weighted by Crippen LogP contribution is -2.43. The van der Waals surface area contributed by atoms with Gasteiger partial charge in [-0.15, -0.1) is 0 Å². The number of nitrogens with one attached hydrogen (secondary N) is 1. The second kappa shape index (κ2) is 3.74. The van der Waals surface area contributed by atoms with E-state index >= 15 is 0 Å². The minimum Gasteiger partial charge on any atom is -0.316 e. The van der Waals surface area contributed by atoms with Crippen LogP contribution in [-0.4, -0.2) is 32.0 Å². The van der Waals surface area contributed by atoms with Gasteiger partial charge in [-0.2, -0.15) is 0 Å². The summed E-state index contributed by atoms with van der Waals surface area (Å²) >= 11 is 0. The average Bonchev–Trinajstić information content (AvgIpc) is 2.39. The summed E-state index contributed by atoms with van der Waals surface area (Å²) in [5.41, 5.74) is 0. The molecule has 2 atom stereocenters. The molecule has 3 nitrogen and oxygen atoms in total. The highest BCUT2D eigenvalue weighted by atomic mass is 32.2. The van der Waals surface area contributed by atoms with Gasteiger partial charge < -0.3 is 5.32 Å². The summed E-state index contributed by atoms with van der Waals surface area (Å²) in [6, 6.07) is 0. The predicted octanol–water partition coefficient (Wildman–Crippen LogP) is 1.20. The fourth-order valence-electron chi connectivity index (χ4n) is 3.15. The van der Waals surface area contributed by atoms with Crippen molar-refractivity contribution in [2.24, 2.45) is 11.8 Å². The smallest absolute Gasteiger partial charge is 0.155 e. The van der Waals surface area contributed by atoms with Crippen molar-refractivity contribution < 1.29 is 8.42 Å². The molecular formula is C11H21NO2S. The zero-order valence-corrected chi connectivity index (χ0v) is 10.4. The largest absolute Gasteiger partial charge is 0.316 e. The molecule has 0 aromatic carbocycles. The van der Waals surface area contributed by atoms with Gasteiger partial charge in [-0.3, -0.25) is 0 Å². The first-order valence-corrected chi connectivity index (χ1v) is 7.53. The van der Waals surface area contributed by atoms with Crippen LogP contribution in [0, 0.1) is 11.8 Å². The van der Waals surface area contributed by atoms with Crippen LogP contribution in [0.3, 0.4) is 0 Å². The van der Waals surface area contributed by atoms with E-state index in [1.54, 1.807) is 0 Å². The second-order valence-corrected chi connectivity index (χ2v) is 8.11.